The molecule has 0 spiro atoms. The Labute approximate surface area is 154 Å². The predicted octanol–water partition coefficient (Wildman–Crippen LogP) is 1.89. The molecule has 0 aliphatic heterocycles. The van der Waals surface area contributed by atoms with Crippen LogP contribution < -0.4 is 10.6 Å². The van der Waals surface area contributed by atoms with Crippen molar-refractivity contribution in [2.24, 2.45) is 0 Å². The summed E-state index contributed by atoms with van der Waals surface area (Å²) in [4.78, 5) is 31.2. The highest BCUT2D eigenvalue weighted by atomic mass is 32.2. The van der Waals surface area contributed by atoms with Gasteiger partial charge in [-0.25, -0.2) is 4.98 Å². The zero-order valence-electron chi connectivity index (χ0n) is 14.2. The van der Waals surface area contributed by atoms with Crippen molar-refractivity contribution < 1.29 is 14.1 Å². The third kappa shape index (κ3) is 5.09. The standard InChI is InChI=1S/C17H19N5O3S/c1-11-8-15(22-25-11)21-17(24)10-26-9-16(23)18-7-6-14-19-12-4-2-3-5-13(12)20-14/h2-5,8H,6-7,9-10H2,1H3,(H,18,23)(H,19,20)(H,21,22,24). The van der Waals surface area contributed by atoms with Crippen molar-refractivity contribution >= 4 is 40.4 Å². The number of para-hydroxylation sites is 2. The van der Waals surface area contributed by atoms with Gasteiger partial charge in [-0.05, 0) is 19.1 Å². The maximum Gasteiger partial charge on any atom is 0.235 e. The molecule has 8 nitrogen and oxygen atoms in total. The van der Waals surface area contributed by atoms with Gasteiger partial charge < -0.3 is 20.1 Å². The number of aryl methyl sites for hydroxylation is 1. The molecule has 26 heavy (non-hydrogen) atoms. The minimum absolute atomic E-state index is 0.115. The van der Waals surface area contributed by atoms with Gasteiger partial charge in [-0.15, -0.1) is 11.8 Å². The lowest BCUT2D eigenvalue weighted by atomic mass is 10.3. The summed E-state index contributed by atoms with van der Waals surface area (Å²) in [6.45, 7) is 2.23. The maximum absolute atomic E-state index is 11.8. The Morgan fingerprint density at radius 2 is 2.04 bits per heavy atom. The number of H-pyrrole nitrogens is 1. The van der Waals surface area contributed by atoms with Gasteiger partial charge in [-0.1, -0.05) is 17.3 Å². The second-order valence-corrected chi connectivity index (χ2v) is 6.65. The first kappa shape index (κ1) is 18.0. The molecular formula is C17H19N5O3S. The van der Waals surface area contributed by atoms with Crippen LogP contribution in [0.15, 0.2) is 34.9 Å². The number of fused-ring (bicyclic) bond motifs is 1. The number of nitrogens with one attached hydrogen (secondary N) is 3. The highest BCUT2D eigenvalue weighted by Gasteiger charge is 2.08. The van der Waals surface area contributed by atoms with Crippen molar-refractivity contribution in [3.05, 3.63) is 41.9 Å². The Bertz CT molecular complexity index is 872. The number of nitrogens with zero attached hydrogens (tertiary/aromatic N) is 2. The lowest BCUT2D eigenvalue weighted by Gasteiger charge is -2.04. The van der Waals surface area contributed by atoms with Crippen molar-refractivity contribution in [2.45, 2.75) is 13.3 Å². The van der Waals surface area contributed by atoms with Gasteiger partial charge in [0.1, 0.15) is 11.6 Å². The Morgan fingerprint density at radius 1 is 1.23 bits per heavy atom. The molecule has 2 heterocycles. The zero-order valence-corrected chi connectivity index (χ0v) is 15.1. The number of thioether (sulfide) groups is 1. The minimum atomic E-state index is -0.224. The quantitative estimate of drug-likeness (QED) is 0.556. The number of rotatable bonds is 8. The Balaban J connectivity index is 1.32. The Morgan fingerprint density at radius 3 is 2.81 bits per heavy atom. The summed E-state index contributed by atoms with van der Waals surface area (Å²) in [5, 5.41) is 9.11. The molecule has 0 bridgehead atoms. The van der Waals surface area contributed by atoms with E-state index in [0.717, 1.165) is 16.9 Å². The summed E-state index contributed by atoms with van der Waals surface area (Å²) in [7, 11) is 0. The third-order valence-electron chi connectivity index (χ3n) is 3.48. The van der Waals surface area contributed by atoms with E-state index in [1.54, 1.807) is 13.0 Å². The molecule has 0 radical (unpaired) electrons. The van der Waals surface area contributed by atoms with E-state index in [-0.39, 0.29) is 23.3 Å². The van der Waals surface area contributed by atoms with Crippen molar-refractivity contribution in [1.82, 2.24) is 20.4 Å². The molecule has 2 amide bonds. The zero-order chi connectivity index (χ0) is 18.4. The molecule has 0 atom stereocenters. The fourth-order valence-electron chi connectivity index (χ4n) is 2.34. The highest BCUT2D eigenvalue weighted by molar-refractivity contribution is 8.00. The largest absolute Gasteiger partial charge is 0.360 e. The van der Waals surface area contributed by atoms with Crippen LogP contribution >= 0.6 is 11.8 Å². The molecule has 0 unspecified atom stereocenters. The summed E-state index contributed by atoms with van der Waals surface area (Å²) in [6, 6.07) is 9.42. The number of carbonyl (C=O) groups excluding carboxylic acids is 2. The summed E-state index contributed by atoms with van der Waals surface area (Å²) in [5.41, 5.74) is 1.90. The second-order valence-electron chi connectivity index (χ2n) is 5.66. The first-order valence-electron chi connectivity index (χ1n) is 8.11. The van der Waals surface area contributed by atoms with Gasteiger partial charge in [0.25, 0.3) is 0 Å². The number of benzene rings is 1. The first-order chi connectivity index (χ1) is 12.6. The SMILES string of the molecule is Cc1cc(NC(=O)CSCC(=O)NCCc2nc3ccccc3[nH]2)no1. The van der Waals surface area contributed by atoms with Gasteiger partial charge in [0.05, 0.1) is 22.5 Å². The molecule has 0 saturated carbocycles. The highest BCUT2D eigenvalue weighted by Crippen LogP contribution is 2.10. The average Bonchev–Trinajstić information content (AvgIpc) is 3.20. The topological polar surface area (TPSA) is 113 Å². The van der Waals surface area contributed by atoms with E-state index in [9.17, 15) is 9.59 Å². The fourth-order valence-corrected chi connectivity index (χ4v) is 2.98. The first-order valence-corrected chi connectivity index (χ1v) is 9.27. The molecule has 9 heteroatoms. The van der Waals surface area contributed by atoms with Crippen molar-refractivity contribution in [2.75, 3.05) is 23.4 Å². The number of aromatic amines is 1. The molecule has 0 aliphatic carbocycles. The maximum atomic E-state index is 11.8. The number of anilines is 1. The normalized spacial score (nSPS) is 10.8. The predicted molar refractivity (Wildman–Crippen MR) is 100 cm³/mol. The second kappa shape index (κ2) is 8.52. The summed E-state index contributed by atoms with van der Waals surface area (Å²) >= 11 is 1.24. The van der Waals surface area contributed by atoms with Crippen LogP contribution in [0.1, 0.15) is 11.6 Å². The van der Waals surface area contributed by atoms with Crippen LogP contribution in [0, 0.1) is 6.92 Å². The summed E-state index contributed by atoms with van der Waals surface area (Å²) < 4.78 is 4.86. The lowest BCUT2D eigenvalue weighted by molar-refractivity contribution is -0.118. The molecule has 3 rings (SSSR count). The fraction of sp³-hybridized carbons (Fsp3) is 0.294. The van der Waals surface area contributed by atoms with Gasteiger partial charge >= 0.3 is 0 Å². The number of aromatic nitrogens is 3. The Kier molecular flexibility index (Phi) is 5.90. The number of imidazole rings is 1. The monoisotopic (exact) mass is 373 g/mol. The third-order valence-corrected chi connectivity index (χ3v) is 4.42. The van der Waals surface area contributed by atoms with E-state index in [1.165, 1.54) is 11.8 Å². The van der Waals surface area contributed by atoms with E-state index in [0.29, 0.717) is 24.5 Å². The summed E-state index contributed by atoms with van der Waals surface area (Å²) in [5.74, 6) is 1.88. The van der Waals surface area contributed by atoms with Gasteiger partial charge in [0.15, 0.2) is 5.82 Å². The Hall–Kier alpha value is -2.81. The minimum Gasteiger partial charge on any atom is -0.360 e. The molecule has 2 aromatic heterocycles. The van der Waals surface area contributed by atoms with Crippen LogP contribution in [-0.2, 0) is 16.0 Å². The molecular weight excluding hydrogens is 354 g/mol. The lowest BCUT2D eigenvalue weighted by Crippen LogP contribution is -2.28. The van der Waals surface area contributed by atoms with Crippen molar-refractivity contribution in [1.29, 1.82) is 0 Å². The molecule has 0 saturated heterocycles. The molecule has 0 fully saturated rings. The number of amides is 2. The number of carbonyl (C=O) groups is 2. The van der Waals surface area contributed by atoms with Gasteiger partial charge in [0, 0.05) is 19.0 Å². The summed E-state index contributed by atoms with van der Waals surface area (Å²) in [6.07, 6.45) is 0.622. The van der Waals surface area contributed by atoms with E-state index < -0.39 is 0 Å². The van der Waals surface area contributed by atoms with Gasteiger partial charge in [0.2, 0.25) is 11.8 Å². The van der Waals surface area contributed by atoms with E-state index in [4.69, 9.17) is 4.52 Å². The van der Waals surface area contributed by atoms with Crippen LogP contribution in [0.25, 0.3) is 11.0 Å². The van der Waals surface area contributed by atoms with Crippen LogP contribution in [0.5, 0.6) is 0 Å². The molecule has 3 N–H and O–H groups in total. The smallest absolute Gasteiger partial charge is 0.235 e. The number of hydrogen-bond donors (Lipinski definition) is 3. The molecule has 136 valence electrons. The van der Waals surface area contributed by atoms with Crippen LogP contribution in [0.4, 0.5) is 5.82 Å². The average molecular weight is 373 g/mol. The number of hydrogen-bond acceptors (Lipinski definition) is 6. The van der Waals surface area contributed by atoms with Gasteiger partial charge in [-0.3, -0.25) is 9.59 Å². The van der Waals surface area contributed by atoms with Crippen LogP contribution in [-0.4, -0.2) is 45.0 Å². The molecule has 3 aromatic rings. The van der Waals surface area contributed by atoms with E-state index >= 15 is 0 Å². The molecule has 1 aromatic carbocycles. The molecule has 0 aliphatic rings. The van der Waals surface area contributed by atoms with Crippen LogP contribution in [0.2, 0.25) is 0 Å². The van der Waals surface area contributed by atoms with E-state index in [1.807, 2.05) is 24.3 Å². The van der Waals surface area contributed by atoms with Crippen LogP contribution in [0.3, 0.4) is 0 Å². The van der Waals surface area contributed by atoms with E-state index in [2.05, 4.69) is 25.8 Å². The van der Waals surface area contributed by atoms with Gasteiger partial charge in [-0.2, -0.15) is 0 Å². The van der Waals surface area contributed by atoms with Crippen molar-refractivity contribution in [3.8, 4) is 0 Å². The van der Waals surface area contributed by atoms with Crippen molar-refractivity contribution in [3.63, 3.8) is 0 Å².